The van der Waals surface area contributed by atoms with E-state index in [-0.39, 0.29) is 18.2 Å². The van der Waals surface area contributed by atoms with Crippen LogP contribution in [0.25, 0.3) is 0 Å². The lowest BCUT2D eigenvalue weighted by molar-refractivity contribution is -0.141. The zero-order valence-corrected chi connectivity index (χ0v) is 13.4. The number of nitrogens with zero attached hydrogens (tertiary/aromatic N) is 2. The number of hydrogen-bond acceptors (Lipinski definition) is 3. The molecule has 0 aliphatic carbocycles. The van der Waals surface area contributed by atoms with E-state index in [1.807, 2.05) is 29.4 Å². The second-order valence-electron chi connectivity index (χ2n) is 6.25. The molecule has 1 aromatic carbocycles. The Morgan fingerprint density at radius 2 is 1.96 bits per heavy atom. The number of carbonyl (C=O) groups excluding carboxylic acids is 1. The molecule has 2 N–H and O–H groups in total. The quantitative estimate of drug-likeness (QED) is 0.888. The van der Waals surface area contributed by atoms with E-state index in [1.54, 1.807) is 4.90 Å². The Morgan fingerprint density at radius 1 is 1.28 bits per heavy atom. The zero-order chi connectivity index (χ0) is 18.0. The monoisotopic (exact) mass is 353 g/mol. The van der Waals surface area contributed by atoms with Gasteiger partial charge in [-0.3, -0.25) is 9.89 Å². The van der Waals surface area contributed by atoms with Crippen LogP contribution in [-0.2, 0) is 19.2 Å². The number of aromatic amines is 1. The lowest BCUT2D eigenvalue weighted by atomic mass is 9.98. The van der Waals surface area contributed by atoms with Crippen LogP contribution in [-0.4, -0.2) is 39.2 Å². The van der Waals surface area contributed by atoms with E-state index >= 15 is 0 Å². The van der Waals surface area contributed by atoms with Crippen molar-refractivity contribution in [3.05, 3.63) is 52.8 Å². The van der Waals surface area contributed by atoms with E-state index in [9.17, 15) is 18.0 Å². The van der Waals surface area contributed by atoms with Crippen LogP contribution in [0.3, 0.4) is 0 Å². The summed E-state index contributed by atoms with van der Waals surface area (Å²) in [6, 6.07) is 8.35. The van der Waals surface area contributed by atoms with Gasteiger partial charge in [0.05, 0.1) is 6.61 Å². The van der Waals surface area contributed by atoms with Crippen LogP contribution in [0.5, 0.6) is 0 Å². The van der Waals surface area contributed by atoms with Crippen molar-refractivity contribution in [1.82, 2.24) is 15.1 Å². The number of alkyl halides is 3. The normalized spacial score (nSPS) is 17.9. The molecule has 2 heterocycles. The Morgan fingerprint density at radius 3 is 2.56 bits per heavy atom. The van der Waals surface area contributed by atoms with Gasteiger partial charge in [-0.1, -0.05) is 24.3 Å². The molecule has 1 aromatic heterocycles. The standard InChI is InChI=1S/C17H18F3N3O2/c18-17(19,20)15-8-14(21-22-15)16(25)23-6-5-13(9-23)7-11-1-3-12(10-24)4-2-11/h1-4,8,13,24H,5-7,9-10H2,(H,21,22). The van der Waals surface area contributed by atoms with Gasteiger partial charge < -0.3 is 10.0 Å². The van der Waals surface area contributed by atoms with Crippen molar-refractivity contribution in [1.29, 1.82) is 0 Å². The van der Waals surface area contributed by atoms with Crippen molar-refractivity contribution < 1.29 is 23.1 Å². The number of halogens is 3. The topological polar surface area (TPSA) is 69.2 Å². The molecule has 1 amide bonds. The molecule has 5 nitrogen and oxygen atoms in total. The van der Waals surface area contributed by atoms with Gasteiger partial charge in [-0.15, -0.1) is 0 Å². The highest BCUT2D eigenvalue weighted by molar-refractivity contribution is 5.92. The number of aliphatic hydroxyl groups excluding tert-OH is 1. The maximum Gasteiger partial charge on any atom is 0.432 e. The number of benzene rings is 1. The van der Waals surface area contributed by atoms with Crippen LogP contribution < -0.4 is 0 Å². The Hall–Kier alpha value is -2.35. The van der Waals surface area contributed by atoms with Gasteiger partial charge in [0, 0.05) is 19.2 Å². The van der Waals surface area contributed by atoms with Gasteiger partial charge in [-0.05, 0) is 29.9 Å². The number of nitrogens with one attached hydrogen (secondary N) is 1. The maximum absolute atomic E-state index is 12.6. The van der Waals surface area contributed by atoms with Crippen molar-refractivity contribution in [2.45, 2.75) is 25.6 Å². The fourth-order valence-corrected chi connectivity index (χ4v) is 3.04. The van der Waals surface area contributed by atoms with Gasteiger partial charge in [0.15, 0.2) is 5.69 Å². The first-order valence-corrected chi connectivity index (χ1v) is 7.97. The molecule has 25 heavy (non-hydrogen) atoms. The molecule has 8 heteroatoms. The highest BCUT2D eigenvalue weighted by Crippen LogP contribution is 2.28. The van der Waals surface area contributed by atoms with Crippen molar-refractivity contribution in [2.75, 3.05) is 13.1 Å². The molecule has 1 atom stereocenters. The largest absolute Gasteiger partial charge is 0.432 e. The third-order valence-corrected chi connectivity index (χ3v) is 4.41. The summed E-state index contributed by atoms with van der Waals surface area (Å²) >= 11 is 0. The smallest absolute Gasteiger partial charge is 0.392 e. The van der Waals surface area contributed by atoms with Crippen molar-refractivity contribution in [3.63, 3.8) is 0 Å². The van der Waals surface area contributed by atoms with E-state index < -0.39 is 17.8 Å². The first kappa shape index (κ1) is 17.5. The predicted molar refractivity (Wildman–Crippen MR) is 83.7 cm³/mol. The second kappa shape index (κ2) is 6.87. The Balaban J connectivity index is 1.60. The zero-order valence-electron chi connectivity index (χ0n) is 13.4. The van der Waals surface area contributed by atoms with E-state index in [4.69, 9.17) is 5.11 Å². The van der Waals surface area contributed by atoms with Crippen LogP contribution in [0, 0.1) is 5.92 Å². The Labute approximate surface area is 142 Å². The van der Waals surface area contributed by atoms with Crippen LogP contribution in [0.4, 0.5) is 13.2 Å². The highest BCUT2D eigenvalue weighted by atomic mass is 19.4. The number of aliphatic hydroxyl groups is 1. The number of amides is 1. The lowest BCUT2D eigenvalue weighted by Gasteiger charge is -2.15. The van der Waals surface area contributed by atoms with Gasteiger partial charge in [-0.25, -0.2) is 0 Å². The third kappa shape index (κ3) is 4.01. The number of aromatic nitrogens is 2. The summed E-state index contributed by atoms with van der Waals surface area (Å²) in [5, 5.41) is 14.4. The van der Waals surface area contributed by atoms with Gasteiger partial charge in [0.2, 0.25) is 0 Å². The fraction of sp³-hybridized carbons (Fsp3) is 0.412. The second-order valence-corrected chi connectivity index (χ2v) is 6.25. The van der Waals surface area contributed by atoms with E-state index in [0.29, 0.717) is 13.1 Å². The average molecular weight is 353 g/mol. The summed E-state index contributed by atoms with van der Waals surface area (Å²) in [7, 11) is 0. The van der Waals surface area contributed by atoms with E-state index in [1.165, 1.54) is 0 Å². The van der Waals surface area contributed by atoms with Crippen LogP contribution in [0.2, 0.25) is 0 Å². The molecular formula is C17H18F3N3O2. The Kier molecular flexibility index (Phi) is 4.80. The van der Waals surface area contributed by atoms with Crippen molar-refractivity contribution >= 4 is 5.91 Å². The summed E-state index contributed by atoms with van der Waals surface area (Å²) in [4.78, 5) is 13.9. The number of H-pyrrole nitrogens is 1. The minimum atomic E-state index is -4.54. The summed E-state index contributed by atoms with van der Waals surface area (Å²) in [6.45, 7) is 0.997. The first-order chi connectivity index (χ1) is 11.9. The first-order valence-electron chi connectivity index (χ1n) is 7.97. The van der Waals surface area contributed by atoms with E-state index in [0.717, 1.165) is 30.0 Å². The lowest BCUT2D eigenvalue weighted by Crippen LogP contribution is -2.29. The molecule has 134 valence electrons. The van der Waals surface area contributed by atoms with Gasteiger partial charge in [0.1, 0.15) is 5.69 Å². The van der Waals surface area contributed by atoms with Crippen molar-refractivity contribution in [2.24, 2.45) is 5.92 Å². The SMILES string of the molecule is O=C(c1cc(C(F)(F)F)[nH]n1)N1CCC(Cc2ccc(CO)cc2)C1. The molecule has 2 aromatic rings. The molecule has 1 saturated heterocycles. The van der Waals surface area contributed by atoms with Gasteiger partial charge in [-0.2, -0.15) is 18.3 Å². The molecule has 1 aliphatic heterocycles. The number of hydrogen-bond donors (Lipinski definition) is 2. The van der Waals surface area contributed by atoms with E-state index in [2.05, 4.69) is 5.10 Å². The summed E-state index contributed by atoms with van der Waals surface area (Å²) < 4.78 is 37.8. The fourth-order valence-electron chi connectivity index (χ4n) is 3.04. The van der Waals surface area contributed by atoms with Crippen LogP contribution >= 0.6 is 0 Å². The van der Waals surface area contributed by atoms with Crippen LogP contribution in [0.1, 0.15) is 33.7 Å². The highest BCUT2D eigenvalue weighted by Gasteiger charge is 2.35. The minimum Gasteiger partial charge on any atom is -0.392 e. The molecule has 1 aliphatic rings. The molecule has 3 rings (SSSR count). The average Bonchev–Trinajstić information content (AvgIpc) is 3.24. The molecular weight excluding hydrogens is 335 g/mol. The maximum atomic E-state index is 12.6. The third-order valence-electron chi connectivity index (χ3n) is 4.41. The number of carbonyl (C=O) groups is 1. The molecule has 0 spiro atoms. The summed E-state index contributed by atoms with van der Waals surface area (Å²) in [5.74, 6) is -0.227. The predicted octanol–water partition coefficient (Wildman–Crippen LogP) is 2.63. The molecule has 1 unspecified atom stereocenters. The molecule has 0 bridgehead atoms. The number of likely N-dealkylation sites (tertiary alicyclic amines) is 1. The van der Waals surface area contributed by atoms with Gasteiger partial charge >= 0.3 is 6.18 Å². The number of rotatable bonds is 4. The molecule has 0 saturated carbocycles. The minimum absolute atomic E-state index is 0.00440. The molecule has 1 fully saturated rings. The summed E-state index contributed by atoms with van der Waals surface area (Å²) in [6.07, 6.45) is -2.96. The summed E-state index contributed by atoms with van der Waals surface area (Å²) in [5.41, 5.74) is 0.720. The van der Waals surface area contributed by atoms with Crippen molar-refractivity contribution in [3.8, 4) is 0 Å². The Bertz CT molecular complexity index is 740. The van der Waals surface area contributed by atoms with Gasteiger partial charge in [0.25, 0.3) is 5.91 Å². The van der Waals surface area contributed by atoms with Crippen LogP contribution in [0.15, 0.2) is 30.3 Å². The molecule has 0 radical (unpaired) electrons.